The predicted molar refractivity (Wildman–Crippen MR) is 93.7 cm³/mol. The molecule has 2 heterocycles. The van der Waals surface area contributed by atoms with E-state index in [1.54, 1.807) is 16.9 Å². The second-order valence-corrected chi connectivity index (χ2v) is 5.59. The van der Waals surface area contributed by atoms with E-state index in [2.05, 4.69) is 11.7 Å². The summed E-state index contributed by atoms with van der Waals surface area (Å²) in [7, 11) is 0. The molecule has 0 spiro atoms. The van der Waals surface area contributed by atoms with Crippen LogP contribution < -0.4 is 0 Å². The van der Waals surface area contributed by atoms with Gasteiger partial charge in [-0.15, -0.1) is 0 Å². The number of rotatable bonds is 4. The van der Waals surface area contributed by atoms with Crippen molar-refractivity contribution in [3.63, 3.8) is 0 Å². The van der Waals surface area contributed by atoms with Gasteiger partial charge in [-0.3, -0.25) is 4.68 Å². The summed E-state index contributed by atoms with van der Waals surface area (Å²) in [6.45, 7) is 8.15. The van der Waals surface area contributed by atoms with Gasteiger partial charge in [0.2, 0.25) is 0 Å². The minimum absolute atomic E-state index is 0.0174. The van der Waals surface area contributed by atoms with Gasteiger partial charge in [-0.2, -0.15) is 5.10 Å². The van der Waals surface area contributed by atoms with Crippen molar-refractivity contribution in [1.29, 1.82) is 0 Å². The molecule has 1 atom stereocenters. The van der Waals surface area contributed by atoms with Crippen LogP contribution in [0.25, 0.3) is 11.1 Å². The van der Waals surface area contributed by atoms with Crippen LogP contribution in [0.3, 0.4) is 0 Å². The third-order valence-electron chi connectivity index (χ3n) is 3.61. The van der Waals surface area contributed by atoms with Gasteiger partial charge >= 0.3 is 5.97 Å². The summed E-state index contributed by atoms with van der Waals surface area (Å²) in [5.41, 5.74) is 3.07. The van der Waals surface area contributed by atoms with Gasteiger partial charge in [-0.1, -0.05) is 38.1 Å². The first-order chi connectivity index (χ1) is 11.6. The Balaban J connectivity index is 0.00000100. The molecule has 0 aliphatic carbocycles. The number of benzene rings is 1. The fraction of sp³-hybridized carbons (Fsp3) is 0.333. The van der Waals surface area contributed by atoms with Crippen LogP contribution in [0.2, 0.25) is 5.02 Å². The van der Waals surface area contributed by atoms with Gasteiger partial charge in [0, 0.05) is 34.3 Å². The zero-order chi connectivity index (χ0) is 17.7. The van der Waals surface area contributed by atoms with Crippen LogP contribution in [0.15, 0.2) is 42.7 Å². The Morgan fingerprint density at radius 2 is 2.21 bits per heavy atom. The average Bonchev–Trinajstić information content (AvgIpc) is 3.17. The highest BCUT2D eigenvalue weighted by molar-refractivity contribution is 6.30. The topological polar surface area (TPSA) is 64.3 Å². The summed E-state index contributed by atoms with van der Waals surface area (Å²) in [6.07, 6.45) is 3.65. The molecule has 1 N–H and O–H groups in total. The first-order valence-electron chi connectivity index (χ1n) is 7.90. The highest BCUT2D eigenvalue weighted by Crippen LogP contribution is 2.38. The molecule has 0 saturated carbocycles. The second kappa shape index (κ2) is 8.13. The predicted octanol–water partition coefficient (Wildman–Crippen LogP) is 3.77. The zero-order valence-corrected chi connectivity index (χ0v) is 14.6. The van der Waals surface area contributed by atoms with Gasteiger partial charge < -0.3 is 9.84 Å². The summed E-state index contributed by atoms with van der Waals surface area (Å²) in [6, 6.07) is 5.46. The van der Waals surface area contributed by atoms with Crippen molar-refractivity contribution >= 4 is 17.6 Å². The molecule has 5 nitrogen and oxygen atoms in total. The molecule has 2 aromatic rings. The number of aromatic nitrogens is 2. The molecule has 128 valence electrons. The maximum absolute atomic E-state index is 11.6. The monoisotopic (exact) mass is 348 g/mol. The van der Waals surface area contributed by atoms with E-state index in [1.807, 2.05) is 32.2 Å². The van der Waals surface area contributed by atoms with Crippen LogP contribution in [0.4, 0.5) is 0 Å². The maximum atomic E-state index is 11.6. The largest absolute Gasteiger partial charge is 0.454 e. The van der Waals surface area contributed by atoms with Crippen LogP contribution in [0, 0.1) is 0 Å². The molecule has 1 saturated heterocycles. The molecular formula is C18H21ClN2O3. The maximum Gasteiger partial charge on any atom is 0.334 e. The highest BCUT2D eigenvalue weighted by atomic mass is 35.5. The summed E-state index contributed by atoms with van der Waals surface area (Å²) in [4.78, 5) is 11.6. The molecule has 24 heavy (non-hydrogen) atoms. The van der Waals surface area contributed by atoms with Crippen LogP contribution in [0.1, 0.15) is 31.9 Å². The number of cyclic esters (lactones) is 1. The lowest BCUT2D eigenvalue weighted by molar-refractivity contribution is -0.139. The number of nitrogens with zero attached hydrogens (tertiary/aromatic N) is 2. The van der Waals surface area contributed by atoms with Crippen molar-refractivity contribution in [3.05, 3.63) is 53.3 Å². The standard InChI is InChI=1S/C16H15ClN2O3.C2H6/c1-10-6-15(22-16(10)21)13-3-2-12(17)7-14(13)11-8-18-19(9-11)4-5-20;1-2/h2-3,7-9,15,20H,1,4-6H2;1-2H3. The van der Waals surface area contributed by atoms with Gasteiger partial charge in [-0.25, -0.2) is 4.79 Å². The van der Waals surface area contributed by atoms with Crippen molar-refractivity contribution < 1.29 is 14.6 Å². The lowest BCUT2D eigenvalue weighted by Crippen LogP contribution is -2.02. The molecule has 1 fully saturated rings. The zero-order valence-electron chi connectivity index (χ0n) is 13.8. The minimum Gasteiger partial charge on any atom is -0.454 e. The van der Waals surface area contributed by atoms with E-state index in [0.717, 1.165) is 16.7 Å². The second-order valence-electron chi connectivity index (χ2n) is 5.15. The van der Waals surface area contributed by atoms with E-state index in [-0.39, 0.29) is 18.7 Å². The fourth-order valence-corrected chi connectivity index (χ4v) is 2.69. The van der Waals surface area contributed by atoms with Gasteiger partial charge in [-0.05, 0) is 17.7 Å². The highest BCUT2D eigenvalue weighted by Gasteiger charge is 2.30. The van der Waals surface area contributed by atoms with Crippen molar-refractivity contribution in [2.75, 3.05) is 6.61 Å². The van der Waals surface area contributed by atoms with Crippen molar-refractivity contribution in [2.24, 2.45) is 0 Å². The molecule has 3 rings (SSSR count). The third-order valence-corrected chi connectivity index (χ3v) is 3.84. The lowest BCUT2D eigenvalue weighted by atomic mass is 9.96. The summed E-state index contributed by atoms with van der Waals surface area (Å²) in [5.74, 6) is -0.359. The molecule has 1 aliphatic rings. The Hall–Kier alpha value is -2.11. The Morgan fingerprint density at radius 1 is 1.46 bits per heavy atom. The number of halogens is 1. The summed E-state index contributed by atoms with van der Waals surface area (Å²) in [5, 5.41) is 13.8. The van der Waals surface area contributed by atoms with E-state index >= 15 is 0 Å². The number of hydrogen-bond donors (Lipinski definition) is 1. The van der Waals surface area contributed by atoms with Crippen LogP contribution in [-0.4, -0.2) is 27.5 Å². The Bertz CT molecular complexity index is 724. The van der Waals surface area contributed by atoms with Gasteiger partial charge in [0.05, 0.1) is 19.3 Å². The van der Waals surface area contributed by atoms with E-state index in [4.69, 9.17) is 21.4 Å². The molecular weight excluding hydrogens is 328 g/mol. The van der Waals surface area contributed by atoms with E-state index < -0.39 is 0 Å². The Morgan fingerprint density at radius 3 is 2.83 bits per heavy atom. The lowest BCUT2D eigenvalue weighted by Gasteiger charge is -2.14. The molecule has 1 unspecified atom stereocenters. The SMILES string of the molecule is C=C1CC(c2ccc(Cl)cc2-c2cnn(CCO)c2)OC1=O.CC. The van der Waals surface area contributed by atoms with E-state index in [9.17, 15) is 4.79 Å². The van der Waals surface area contributed by atoms with E-state index in [1.165, 1.54) is 0 Å². The fourth-order valence-electron chi connectivity index (χ4n) is 2.52. The molecule has 1 aliphatic heterocycles. The Labute approximate surface area is 146 Å². The molecule has 6 heteroatoms. The summed E-state index contributed by atoms with van der Waals surface area (Å²) >= 11 is 6.11. The molecule has 1 aromatic carbocycles. The quantitative estimate of drug-likeness (QED) is 0.674. The summed E-state index contributed by atoms with van der Waals surface area (Å²) < 4.78 is 7.02. The van der Waals surface area contributed by atoms with Crippen LogP contribution in [0.5, 0.6) is 0 Å². The van der Waals surface area contributed by atoms with Crippen molar-refractivity contribution in [1.82, 2.24) is 9.78 Å². The third kappa shape index (κ3) is 3.86. The van der Waals surface area contributed by atoms with Gasteiger partial charge in [0.25, 0.3) is 0 Å². The number of ether oxygens (including phenoxy) is 1. The molecule has 0 bridgehead atoms. The van der Waals surface area contributed by atoms with Crippen LogP contribution in [-0.2, 0) is 16.1 Å². The number of esters is 1. The smallest absolute Gasteiger partial charge is 0.334 e. The normalized spacial score (nSPS) is 16.6. The molecule has 0 amide bonds. The van der Waals surface area contributed by atoms with Gasteiger partial charge in [0.1, 0.15) is 6.10 Å². The van der Waals surface area contributed by atoms with Crippen molar-refractivity contribution in [2.45, 2.75) is 32.9 Å². The number of aliphatic hydroxyl groups excluding tert-OH is 1. The number of carbonyl (C=O) groups excluding carboxylic acids is 1. The Kier molecular flexibility index (Phi) is 6.17. The number of hydrogen-bond acceptors (Lipinski definition) is 4. The number of aliphatic hydroxyl groups is 1. The first kappa shape index (κ1) is 18.2. The molecule has 0 radical (unpaired) electrons. The van der Waals surface area contributed by atoms with Crippen LogP contribution >= 0.6 is 11.6 Å². The minimum atomic E-state index is -0.359. The first-order valence-corrected chi connectivity index (χ1v) is 8.28. The van der Waals surface area contributed by atoms with E-state index in [0.29, 0.717) is 23.6 Å². The average molecular weight is 349 g/mol. The van der Waals surface area contributed by atoms with Gasteiger partial charge in [0.15, 0.2) is 0 Å². The van der Waals surface area contributed by atoms with Crippen molar-refractivity contribution in [3.8, 4) is 11.1 Å². The number of carbonyl (C=O) groups is 1. The molecule has 1 aromatic heterocycles.